The molecule has 0 fully saturated rings. The van der Waals surface area contributed by atoms with E-state index in [2.05, 4.69) is 20.2 Å². The Morgan fingerprint density at radius 3 is 2.50 bits per heavy atom. The SMILES string of the molecule is C=C(C)C(=O)SCCCB(C)C. The zero-order valence-electron chi connectivity index (χ0n) is 8.22. The molecule has 1 nitrogen and oxygen atoms in total. The van der Waals surface area contributed by atoms with Crippen LogP contribution in [0.5, 0.6) is 0 Å². The Balaban J connectivity index is 3.32. The van der Waals surface area contributed by atoms with E-state index in [0.717, 1.165) is 18.9 Å². The fourth-order valence-electron chi connectivity index (χ4n) is 0.780. The summed E-state index contributed by atoms with van der Waals surface area (Å²) in [6, 6.07) is 0. The summed E-state index contributed by atoms with van der Waals surface area (Å²) in [5.41, 5.74) is 0.657. The minimum absolute atomic E-state index is 0.138. The van der Waals surface area contributed by atoms with Crippen molar-refractivity contribution in [2.45, 2.75) is 33.3 Å². The molecule has 0 heterocycles. The van der Waals surface area contributed by atoms with Crippen molar-refractivity contribution in [1.29, 1.82) is 0 Å². The highest BCUT2D eigenvalue weighted by molar-refractivity contribution is 8.14. The quantitative estimate of drug-likeness (QED) is 0.371. The van der Waals surface area contributed by atoms with E-state index >= 15 is 0 Å². The van der Waals surface area contributed by atoms with Crippen LogP contribution in [0.1, 0.15) is 13.3 Å². The van der Waals surface area contributed by atoms with E-state index in [1.54, 1.807) is 6.92 Å². The van der Waals surface area contributed by atoms with Gasteiger partial charge in [-0.1, -0.05) is 44.7 Å². The topological polar surface area (TPSA) is 17.1 Å². The Kier molecular flexibility index (Phi) is 6.26. The van der Waals surface area contributed by atoms with Crippen molar-refractivity contribution in [2.75, 3.05) is 5.75 Å². The second kappa shape index (κ2) is 6.35. The van der Waals surface area contributed by atoms with Gasteiger partial charge in [-0.05, 0) is 12.5 Å². The largest absolute Gasteiger partial charge is 0.282 e. The first-order valence-corrected chi connectivity index (χ1v) is 5.35. The van der Waals surface area contributed by atoms with E-state index in [-0.39, 0.29) is 5.12 Å². The molecule has 0 aromatic heterocycles. The first kappa shape index (κ1) is 11.8. The molecule has 0 bridgehead atoms. The maximum Gasteiger partial charge on any atom is 0.214 e. The highest BCUT2D eigenvalue weighted by atomic mass is 32.2. The van der Waals surface area contributed by atoms with Gasteiger partial charge in [-0.25, -0.2) is 0 Å². The first-order valence-electron chi connectivity index (χ1n) is 4.36. The summed E-state index contributed by atoms with van der Waals surface area (Å²) in [6.45, 7) is 10.5. The minimum Gasteiger partial charge on any atom is -0.282 e. The molecular formula is C9H17BOS. The number of rotatable bonds is 5. The van der Waals surface area contributed by atoms with E-state index in [4.69, 9.17) is 0 Å². The van der Waals surface area contributed by atoms with Gasteiger partial charge in [0.05, 0.1) is 0 Å². The summed E-state index contributed by atoms with van der Waals surface area (Å²) in [4.78, 5) is 11.1. The summed E-state index contributed by atoms with van der Waals surface area (Å²) in [5, 5.41) is 0.138. The van der Waals surface area contributed by atoms with Gasteiger partial charge >= 0.3 is 0 Å². The van der Waals surface area contributed by atoms with Crippen LogP contribution in [0.25, 0.3) is 0 Å². The molecule has 0 rings (SSSR count). The molecule has 0 saturated carbocycles. The van der Waals surface area contributed by atoms with E-state index < -0.39 is 0 Å². The van der Waals surface area contributed by atoms with Gasteiger partial charge in [0.1, 0.15) is 6.71 Å². The van der Waals surface area contributed by atoms with Gasteiger partial charge in [0.15, 0.2) is 0 Å². The Morgan fingerprint density at radius 2 is 2.08 bits per heavy atom. The second-order valence-electron chi connectivity index (χ2n) is 3.45. The van der Waals surface area contributed by atoms with Crippen molar-refractivity contribution in [2.24, 2.45) is 0 Å². The molecule has 0 atom stereocenters. The van der Waals surface area contributed by atoms with Crippen LogP contribution >= 0.6 is 11.8 Å². The molecule has 0 spiro atoms. The van der Waals surface area contributed by atoms with Gasteiger partial charge in [-0.2, -0.15) is 0 Å². The average Bonchev–Trinajstić information content (AvgIpc) is 1.97. The highest BCUT2D eigenvalue weighted by Gasteiger charge is 2.03. The van der Waals surface area contributed by atoms with Crippen molar-refractivity contribution >= 4 is 23.6 Å². The first-order chi connectivity index (χ1) is 5.54. The van der Waals surface area contributed by atoms with Crippen LogP contribution in [0.15, 0.2) is 12.2 Å². The monoisotopic (exact) mass is 184 g/mol. The number of thioether (sulfide) groups is 1. The number of hydrogen-bond acceptors (Lipinski definition) is 2. The third kappa shape index (κ3) is 6.53. The minimum atomic E-state index is 0.138. The van der Waals surface area contributed by atoms with E-state index in [1.807, 2.05) is 0 Å². The molecule has 12 heavy (non-hydrogen) atoms. The molecule has 0 N–H and O–H groups in total. The zero-order valence-corrected chi connectivity index (χ0v) is 9.04. The smallest absolute Gasteiger partial charge is 0.214 e. The lowest BCUT2D eigenvalue weighted by Crippen LogP contribution is -2.00. The average molecular weight is 184 g/mol. The van der Waals surface area contributed by atoms with Gasteiger partial charge in [-0.3, -0.25) is 4.79 Å². The highest BCUT2D eigenvalue weighted by Crippen LogP contribution is 2.11. The number of carbonyl (C=O) groups excluding carboxylic acids is 1. The molecule has 0 aromatic carbocycles. The van der Waals surface area contributed by atoms with Gasteiger partial charge in [0.25, 0.3) is 0 Å². The predicted molar refractivity (Wildman–Crippen MR) is 59.2 cm³/mol. The molecule has 0 aliphatic carbocycles. The van der Waals surface area contributed by atoms with Gasteiger partial charge in [0, 0.05) is 5.75 Å². The van der Waals surface area contributed by atoms with Crippen LogP contribution in [-0.4, -0.2) is 17.6 Å². The third-order valence-corrected chi connectivity index (χ3v) is 2.61. The molecule has 0 radical (unpaired) electrons. The maximum absolute atomic E-state index is 11.1. The van der Waals surface area contributed by atoms with Gasteiger partial charge in [0.2, 0.25) is 5.12 Å². The lowest BCUT2D eigenvalue weighted by Gasteiger charge is -2.00. The number of hydrogen-bond donors (Lipinski definition) is 0. The van der Waals surface area contributed by atoms with Crippen LogP contribution in [-0.2, 0) is 4.79 Å². The fourth-order valence-corrected chi connectivity index (χ4v) is 1.52. The van der Waals surface area contributed by atoms with Gasteiger partial charge in [-0.15, -0.1) is 0 Å². The van der Waals surface area contributed by atoms with Crippen molar-refractivity contribution in [3.8, 4) is 0 Å². The normalized spacial score (nSPS) is 9.58. The molecule has 68 valence electrons. The summed E-state index contributed by atoms with van der Waals surface area (Å²) in [7, 11) is 0. The number of carbonyl (C=O) groups is 1. The van der Waals surface area contributed by atoms with Crippen LogP contribution in [0.3, 0.4) is 0 Å². The third-order valence-electron chi connectivity index (χ3n) is 1.51. The Morgan fingerprint density at radius 1 is 1.50 bits per heavy atom. The Hall–Kier alpha value is -0.175. The van der Waals surface area contributed by atoms with Crippen molar-refractivity contribution in [3.63, 3.8) is 0 Å². The molecule has 0 amide bonds. The van der Waals surface area contributed by atoms with Crippen LogP contribution < -0.4 is 0 Å². The molecule has 0 aliphatic rings. The van der Waals surface area contributed by atoms with Crippen LogP contribution in [0.2, 0.25) is 20.0 Å². The lowest BCUT2D eigenvalue weighted by atomic mass is 9.52. The standard InChI is InChI=1S/C9H17BOS/c1-8(2)9(11)12-7-5-6-10(3)4/h1,5-7H2,2-4H3. The molecule has 0 saturated heterocycles. The van der Waals surface area contributed by atoms with Gasteiger partial charge < -0.3 is 0 Å². The summed E-state index contributed by atoms with van der Waals surface area (Å²) >= 11 is 1.39. The molecule has 0 aliphatic heterocycles. The van der Waals surface area contributed by atoms with Crippen molar-refractivity contribution < 1.29 is 4.79 Å². The van der Waals surface area contributed by atoms with Crippen molar-refractivity contribution in [1.82, 2.24) is 0 Å². The maximum atomic E-state index is 11.1. The van der Waals surface area contributed by atoms with Crippen LogP contribution in [0.4, 0.5) is 0 Å². The molecule has 0 aromatic rings. The fraction of sp³-hybridized carbons (Fsp3) is 0.667. The van der Waals surface area contributed by atoms with E-state index in [1.165, 1.54) is 18.1 Å². The van der Waals surface area contributed by atoms with Crippen molar-refractivity contribution in [3.05, 3.63) is 12.2 Å². The van der Waals surface area contributed by atoms with Crippen LogP contribution in [0, 0.1) is 0 Å². The molecular weight excluding hydrogens is 167 g/mol. The van der Waals surface area contributed by atoms with E-state index in [9.17, 15) is 4.79 Å². The summed E-state index contributed by atoms with van der Waals surface area (Å²) in [6.07, 6.45) is 2.33. The lowest BCUT2D eigenvalue weighted by molar-refractivity contribution is -0.107. The molecule has 0 unspecified atom stereocenters. The second-order valence-corrected chi connectivity index (χ2v) is 4.52. The predicted octanol–water partition coefficient (Wildman–Crippen LogP) is 2.97. The molecule has 3 heteroatoms. The summed E-state index contributed by atoms with van der Waals surface area (Å²) < 4.78 is 0. The van der Waals surface area contributed by atoms with E-state index in [0.29, 0.717) is 5.57 Å². The summed E-state index contributed by atoms with van der Waals surface area (Å²) in [5.74, 6) is 0.934. The Bertz CT molecular complexity index is 166. The zero-order chi connectivity index (χ0) is 9.56. The Labute approximate surface area is 80.1 Å².